The van der Waals surface area contributed by atoms with Crippen LogP contribution in [0, 0.1) is 0 Å². The molecule has 0 unspecified atom stereocenters. The number of methoxy groups -OCH3 is 1. The van der Waals surface area contributed by atoms with Gasteiger partial charge in [0.15, 0.2) is 6.61 Å². The minimum atomic E-state index is -0.354. The molecule has 4 rings (SSSR count). The van der Waals surface area contributed by atoms with E-state index >= 15 is 0 Å². The highest BCUT2D eigenvalue weighted by atomic mass is 16.5. The normalized spacial score (nSPS) is 14.0. The van der Waals surface area contributed by atoms with Crippen molar-refractivity contribution in [2.45, 2.75) is 19.3 Å². The molecule has 3 aromatic rings. The van der Waals surface area contributed by atoms with Crippen molar-refractivity contribution in [1.29, 1.82) is 0 Å². The van der Waals surface area contributed by atoms with Gasteiger partial charge in [-0.3, -0.25) is 9.78 Å². The third-order valence-electron chi connectivity index (χ3n) is 5.29. The predicted molar refractivity (Wildman–Crippen MR) is 122 cm³/mol. The van der Waals surface area contributed by atoms with Crippen LogP contribution in [-0.2, 0) is 4.79 Å². The Morgan fingerprint density at radius 2 is 1.97 bits per heavy atom. The molecular formula is C24H26N4O3. The number of aromatic nitrogens is 1. The fourth-order valence-electron chi connectivity index (χ4n) is 3.70. The number of amides is 1. The first kappa shape index (κ1) is 20.7. The summed E-state index contributed by atoms with van der Waals surface area (Å²) >= 11 is 0. The van der Waals surface area contributed by atoms with E-state index in [2.05, 4.69) is 26.5 Å². The number of anilines is 1. The van der Waals surface area contributed by atoms with Crippen LogP contribution in [0.15, 0.2) is 59.8 Å². The number of para-hydroxylation sites is 1. The van der Waals surface area contributed by atoms with Crippen LogP contribution < -0.4 is 19.8 Å². The number of hydrogen-bond donors (Lipinski definition) is 1. The topological polar surface area (TPSA) is 76.0 Å². The lowest BCUT2D eigenvalue weighted by Crippen LogP contribution is -2.29. The van der Waals surface area contributed by atoms with E-state index in [-0.39, 0.29) is 12.5 Å². The Labute approximate surface area is 181 Å². The van der Waals surface area contributed by atoms with Crippen LogP contribution in [0.1, 0.15) is 24.8 Å². The summed E-state index contributed by atoms with van der Waals surface area (Å²) in [7, 11) is 1.64. The molecule has 0 atom stereocenters. The fourth-order valence-corrected chi connectivity index (χ4v) is 3.70. The van der Waals surface area contributed by atoms with Gasteiger partial charge in [-0.05, 0) is 43.5 Å². The Morgan fingerprint density at radius 1 is 1.13 bits per heavy atom. The first-order valence-corrected chi connectivity index (χ1v) is 10.5. The fraction of sp³-hybridized carbons (Fsp3) is 0.292. The van der Waals surface area contributed by atoms with Gasteiger partial charge in [0.2, 0.25) is 0 Å². The average Bonchev–Trinajstić information content (AvgIpc) is 2.83. The van der Waals surface area contributed by atoms with Crippen molar-refractivity contribution in [3.63, 3.8) is 0 Å². The van der Waals surface area contributed by atoms with Gasteiger partial charge in [-0.1, -0.05) is 18.2 Å². The van der Waals surface area contributed by atoms with Crippen LogP contribution in [0.4, 0.5) is 5.69 Å². The minimum absolute atomic E-state index is 0.155. The number of piperidine rings is 1. The molecule has 1 aromatic heterocycles. The zero-order chi connectivity index (χ0) is 21.5. The number of pyridine rings is 1. The molecule has 7 heteroatoms. The van der Waals surface area contributed by atoms with Crippen molar-refractivity contribution in [2.24, 2.45) is 5.10 Å². The monoisotopic (exact) mass is 418 g/mol. The smallest absolute Gasteiger partial charge is 0.277 e. The van der Waals surface area contributed by atoms with Crippen LogP contribution in [-0.4, -0.2) is 43.9 Å². The Kier molecular flexibility index (Phi) is 6.62. The average molecular weight is 418 g/mol. The molecule has 160 valence electrons. The van der Waals surface area contributed by atoms with Crippen LogP contribution in [0.25, 0.3) is 10.9 Å². The second kappa shape index (κ2) is 9.93. The minimum Gasteiger partial charge on any atom is -0.496 e. The molecule has 31 heavy (non-hydrogen) atoms. The van der Waals surface area contributed by atoms with Crippen molar-refractivity contribution >= 4 is 28.7 Å². The summed E-state index contributed by atoms with van der Waals surface area (Å²) in [5.41, 5.74) is 5.16. The zero-order valence-electron chi connectivity index (χ0n) is 17.6. The molecule has 7 nitrogen and oxygen atoms in total. The molecule has 1 amide bonds. The number of nitrogens with one attached hydrogen (secondary N) is 1. The molecule has 0 spiro atoms. The summed E-state index contributed by atoms with van der Waals surface area (Å²) in [6.45, 7) is 1.98. The standard InChI is InChI=1S/C24H26N4O3/c1-30-22-15-20(28-13-3-2-4-14-28)11-10-19(22)16-26-27-23(29)17-31-21-9-5-7-18-8-6-12-25-24(18)21/h5-12,15-16H,2-4,13-14,17H2,1H3,(H,27,29)/b26-16-. The zero-order valence-corrected chi connectivity index (χ0v) is 17.6. The van der Waals surface area contributed by atoms with E-state index in [1.54, 1.807) is 25.6 Å². The summed E-state index contributed by atoms with van der Waals surface area (Å²) in [4.78, 5) is 18.8. The second-order valence-electron chi connectivity index (χ2n) is 7.39. The van der Waals surface area contributed by atoms with Crippen LogP contribution in [0.3, 0.4) is 0 Å². The molecule has 1 aliphatic rings. The summed E-state index contributed by atoms with van der Waals surface area (Å²) in [5.74, 6) is 0.930. The predicted octanol–water partition coefficient (Wildman–Crippen LogP) is 3.76. The maximum atomic E-state index is 12.1. The second-order valence-corrected chi connectivity index (χ2v) is 7.39. The number of fused-ring (bicyclic) bond motifs is 1. The molecule has 0 radical (unpaired) electrons. The highest BCUT2D eigenvalue weighted by molar-refractivity contribution is 5.87. The van der Waals surface area contributed by atoms with E-state index in [9.17, 15) is 4.79 Å². The number of hydrogen-bond acceptors (Lipinski definition) is 6. The molecule has 0 bridgehead atoms. The van der Waals surface area contributed by atoms with E-state index in [4.69, 9.17) is 9.47 Å². The summed E-state index contributed by atoms with van der Waals surface area (Å²) < 4.78 is 11.2. The highest BCUT2D eigenvalue weighted by Crippen LogP contribution is 2.27. The molecule has 2 heterocycles. The van der Waals surface area contributed by atoms with Gasteiger partial charge in [0.25, 0.3) is 5.91 Å². The third-order valence-corrected chi connectivity index (χ3v) is 5.29. The Balaban J connectivity index is 1.35. The molecule has 1 fully saturated rings. The lowest BCUT2D eigenvalue weighted by Gasteiger charge is -2.29. The van der Waals surface area contributed by atoms with Gasteiger partial charge in [-0.25, -0.2) is 5.43 Å². The van der Waals surface area contributed by atoms with E-state index in [0.29, 0.717) is 5.75 Å². The maximum Gasteiger partial charge on any atom is 0.277 e. The van der Waals surface area contributed by atoms with E-state index in [1.165, 1.54) is 19.3 Å². The van der Waals surface area contributed by atoms with Gasteiger partial charge < -0.3 is 14.4 Å². The van der Waals surface area contributed by atoms with Crippen LogP contribution >= 0.6 is 0 Å². The number of hydrazone groups is 1. The van der Waals surface area contributed by atoms with Crippen molar-refractivity contribution < 1.29 is 14.3 Å². The maximum absolute atomic E-state index is 12.1. The van der Waals surface area contributed by atoms with E-state index < -0.39 is 0 Å². The number of carbonyl (C=O) groups excluding carboxylic acids is 1. The molecular weight excluding hydrogens is 392 g/mol. The summed E-state index contributed by atoms with van der Waals surface area (Å²) in [6.07, 6.45) is 7.00. The van der Waals surface area contributed by atoms with Gasteiger partial charge in [-0.2, -0.15) is 5.10 Å². The van der Waals surface area contributed by atoms with Crippen LogP contribution in [0.5, 0.6) is 11.5 Å². The Bertz CT molecular complexity index is 1070. The lowest BCUT2D eigenvalue weighted by atomic mass is 10.1. The Morgan fingerprint density at radius 3 is 2.81 bits per heavy atom. The third kappa shape index (κ3) is 5.12. The van der Waals surface area contributed by atoms with Crippen molar-refractivity contribution in [3.05, 3.63) is 60.3 Å². The highest BCUT2D eigenvalue weighted by Gasteiger charge is 2.13. The molecule has 2 aromatic carbocycles. The number of carbonyl (C=O) groups is 1. The number of ether oxygens (including phenoxy) is 2. The first-order chi connectivity index (χ1) is 15.2. The van der Waals surface area contributed by atoms with Gasteiger partial charge in [-0.15, -0.1) is 0 Å². The van der Waals surface area contributed by atoms with Gasteiger partial charge in [0, 0.05) is 42.0 Å². The van der Waals surface area contributed by atoms with Crippen molar-refractivity contribution in [1.82, 2.24) is 10.4 Å². The summed E-state index contributed by atoms with van der Waals surface area (Å²) in [5, 5.41) is 5.01. The molecule has 1 N–H and O–H groups in total. The lowest BCUT2D eigenvalue weighted by molar-refractivity contribution is -0.123. The molecule has 1 aliphatic heterocycles. The van der Waals surface area contributed by atoms with Gasteiger partial charge >= 0.3 is 0 Å². The molecule has 1 saturated heterocycles. The SMILES string of the molecule is COc1cc(N2CCCCC2)ccc1/C=N\NC(=O)COc1cccc2cccnc12. The first-order valence-electron chi connectivity index (χ1n) is 10.5. The number of rotatable bonds is 7. The largest absolute Gasteiger partial charge is 0.496 e. The Hall–Kier alpha value is -3.61. The van der Waals surface area contributed by atoms with Gasteiger partial charge in [0.05, 0.1) is 13.3 Å². The molecule has 0 saturated carbocycles. The quantitative estimate of drug-likeness (QED) is 0.467. The number of nitrogens with zero attached hydrogens (tertiary/aromatic N) is 3. The molecule has 0 aliphatic carbocycles. The van der Waals surface area contributed by atoms with Crippen molar-refractivity contribution in [3.8, 4) is 11.5 Å². The number of benzene rings is 2. The van der Waals surface area contributed by atoms with Crippen molar-refractivity contribution in [2.75, 3.05) is 31.7 Å². The van der Waals surface area contributed by atoms with Crippen LogP contribution in [0.2, 0.25) is 0 Å². The van der Waals surface area contributed by atoms with E-state index in [0.717, 1.165) is 41.0 Å². The summed E-state index contributed by atoms with van der Waals surface area (Å²) in [6, 6.07) is 15.5. The van der Waals surface area contributed by atoms with E-state index in [1.807, 2.05) is 36.4 Å². The van der Waals surface area contributed by atoms with Gasteiger partial charge in [0.1, 0.15) is 17.0 Å².